The van der Waals surface area contributed by atoms with E-state index >= 15 is 0 Å². The van der Waals surface area contributed by atoms with Crippen LogP contribution in [0.4, 0.5) is 0 Å². The van der Waals surface area contributed by atoms with E-state index in [-0.39, 0.29) is 23.0 Å². The summed E-state index contributed by atoms with van der Waals surface area (Å²) < 4.78 is 2.40. The molecule has 7 nitrogen and oxygen atoms in total. The molecule has 0 saturated heterocycles. The molecule has 0 atom stereocenters. The van der Waals surface area contributed by atoms with Crippen molar-refractivity contribution in [2.75, 3.05) is 5.75 Å². The summed E-state index contributed by atoms with van der Waals surface area (Å²) in [5.74, 6) is -0.150. The Morgan fingerprint density at radius 2 is 1.79 bits per heavy atom. The van der Waals surface area contributed by atoms with Gasteiger partial charge in [-0.15, -0.1) is 0 Å². The molecule has 4 rings (SSSR count). The molecule has 0 saturated carbocycles. The third-order valence-electron chi connectivity index (χ3n) is 4.80. The summed E-state index contributed by atoms with van der Waals surface area (Å²) in [6, 6.07) is 21.0. The highest BCUT2D eigenvalue weighted by Gasteiger charge is 2.15. The maximum atomic E-state index is 13.2. The number of halogens is 1. The first-order valence-electron chi connectivity index (χ1n) is 9.95. The van der Waals surface area contributed by atoms with Crippen LogP contribution in [0.2, 0.25) is 0 Å². The number of hydrazone groups is 1. The van der Waals surface area contributed by atoms with Gasteiger partial charge in [0.1, 0.15) is 5.75 Å². The molecule has 1 heterocycles. The summed E-state index contributed by atoms with van der Waals surface area (Å²) in [6.45, 7) is 1.76. The van der Waals surface area contributed by atoms with Gasteiger partial charge in [0.25, 0.3) is 11.5 Å². The van der Waals surface area contributed by atoms with Gasteiger partial charge in [-0.1, -0.05) is 39.8 Å². The van der Waals surface area contributed by atoms with Crippen molar-refractivity contribution in [3.05, 3.63) is 93.2 Å². The monoisotopic (exact) mass is 522 g/mol. The molecule has 0 bridgehead atoms. The number of nitrogens with one attached hydrogen (secondary N) is 1. The quantitative estimate of drug-likeness (QED) is 0.168. The second-order valence-corrected chi connectivity index (χ2v) is 8.95. The van der Waals surface area contributed by atoms with Gasteiger partial charge in [-0.2, -0.15) is 5.10 Å². The molecule has 9 heteroatoms. The van der Waals surface area contributed by atoms with Crippen molar-refractivity contribution in [3.8, 4) is 11.4 Å². The lowest BCUT2D eigenvalue weighted by molar-refractivity contribution is -0.118. The highest BCUT2D eigenvalue weighted by atomic mass is 79.9. The van der Waals surface area contributed by atoms with Crippen molar-refractivity contribution in [1.29, 1.82) is 0 Å². The first-order chi connectivity index (χ1) is 15.9. The van der Waals surface area contributed by atoms with Gasteiger partial charge < -0.3 is 5.11 Å². The van der Waals surface area contributed by atoms with Gasteiger partial charge in [0.2, 0.25) is 0 Å². The zero-order valence-corrected chi connectivity index (χ0v) is 19.9. The number of nitrogens with zero attached hydrogens (tertiary/aromatic N) is 3. The van der Waals surface area contributed by atoms with E-state index in [4.69, 9.17) is 0 Å². The summed E-state index contributed by atoms with van der Waals surface area (Å²) in [7, 11) is 0. The summed E-state index contributed by atoms with van der Waals surface area (Å²) in [5, 5.41) is 14.4. The summed E-state index contributed by atoms with van der Waals surface area (Å²) in [4.78, 5) is 30.3. The fourth-order valence-electron chi connectivity index (χ4n) is 3.10. The highest BCUT2D eigenvalue weighted by Crippen LogP contribution is 2.22. The van der Waals surface area contributed by atoms with Crippen LogP contribution >= 0.6 is 27.7 Å². The largest absolute Gasteiger partial charge is 0.508 e. The number of phenols is 1. The number of carbonyl (C=O) groups is 1. The highest BCUT2D eigenvalue weighted by molar-refractivity contribution is 9.10. The number of benzene rings is 3. The van der Waals surface area contributed by atoms with Crippen molar-refractivity contribution in [2.45, 2.75) is 12.1 Å². The third-order valence-corrected chi connectivity index (χ3v) is 6.26. The van der Waals surface area contributed by atoms with Crippen molar-refractivity contribution in [2.24, 2.45) is 5.10 Å². The number of para-hydroxylation sites is 1. The summed E-state index contributed by atoms with van der Waals surface area (Å²) in [6.07, 6.45) is 0. The lowest BCUT2D eigenvalue weighted by atomic mass is 10.1. The topological polar surface area (TPSA) is 96.6 Å². The molecule has 0 unspecified atom stereocenters. The Bertz CT molecular complexity index is 1400. The van der Waals surface area contributed by atoms with Crippen LogP contribution in [-0.4, -0.2) is 32.0 Å². The van der Waals surface area contributed by atoms with Gasteiger partial charge >= 0.3 is 0 Å². The first-order valence-corrected chi connectivity index (χ1v) is 11.7. The minimum atomic E-state index is -0.331. The van der Waals surface area contributed by atoms with Crippen LogP contribution < -0.4 is 11.0 Å². The van der Waals surface area contributed by atoms with Crippen LogP contribution in [0.15, 0.2) is 92.3 Å². The number of hydrogen-bond acceptors (Lipinski definition) is 6. The molecule has 33 heavy (non-hydrogen) atoms. The van der Waals surface area contributed by atoms with Crippen LogP contribution in [0.3, 0.4) is 0 Å². The lowest BCUT2D eigenvalue weighted by Crippen LogP contribution is -2.24. The molecule has 0 aliphatic rings. The Balaban J connectivity index is 1.57. The van der Waals surface area contributed by atoms with E-state index in [2.05, 4.69) is 31.4 Å². The second kappa shape index (κ2) is 10.0. The van der Waals surface area contributed by atoms with Crippen LogP contribution in [0.1, 0.15) is 12.5 Å². The van der Waals surface area contributed by atoms with E-state index in [1.54, 1.807) is 49.4 Å². The minimum absolute atomic E-state index is 0.0215. The molecular formula is C24H19BrN4O3S. The Hall–Kier alpha value is -3.43. The molecule has 0 spiro atoms. The van der Waals surface area contributed by atoms with Crippen LogP contribution in [0.25, 0.3) is 16.6 Å². The van der Waals surface area contributed by atoms with Gasteiger partial charge in [-0.3, -0.25) is 14.2 Å². The Morgan fingerprint density at radius 3 is 2.52 bits per heavy atom. The van der Waals surface area contributed by atoms with E-state index in [0.29, 0.717) is 27.5 Å². The zero-order chi connectivity index (χ0) is 23.4. The minimum Gasteiger partial charge on any atom is -0.508 e. The normalized spacial score (nSPS) is 11.5. The number of hydrogen-bond donors (Lipinski definition) is 2. The fourth-order valence-corrected chi connectivity index (χ4v) is 4.17. The maximum absolute atomic E-state index is 13.2. The van der Waals surface area contributed by atoms with Gasteiger partial charge in [-0.05, 0) is 73.2 Å². The molecule has 1 amide bonds. The van der Waals surface area contributed by atoms with Crippen LogP contribution in [0.5, 0.6) is 5.75 Å². The number of aromatic nitrogens is 2. The predicted octanol–water partition coefficient (Wildman–Crippen LogP) is 4.49. The SMILES string of the molecule is C/C(=N/NC(=O)CSc1nc2ccccc2c(=O)n1-c1ccc(Br)cc1)c1ccc(O)cc1. The van der Waals surface area contributed by atoms with Crippen molar-refractivity contribution >= 4 is 50.2 Å². The van der Waals surface area contributed by atoms with Crippen molar-refractivity contribution < 1.29 is 9.90 Å². The number of carbonyl (C=O) groups excluding carboxylic acids is 1. The number of amides is 1. The second-order valence-electron chi connectivity index (χ2n) is 7.10. The van der Waals surface area contributed by atoms with E-state index in [0.717, 1.165) is 21.8 Å². The molecule has 2 N–H and O–H groups in total. The molecule has 0 aliphatic carbocycles. The molecule has 0 fully saturated rings. The smallest absolute Gasteiger partial charge is 0.266 e. The molecule has 3 aromatic carbocycles. The van der Waals surface area contributed by atoms with Gasteiger partial charge in [0, 0.05) is 4.47 Å². The van der Waals surface area contributed by atoms with Gasteiger partial charge in [0.15, 0.2) is 5.16 Å². The standard InChI is InChI=1S/C24H19BrN4O3S/c1-15(16-6-12-19(30)13-7-16)27-28-22(31)14-33-24-26-21-5-3-2-4-20(21)23(32)29(24)18-10-8-17(25)9-11-18/h2-13,30H,14H2,1H3,(H,28,31)/b27-15-. The van der Waals surface area contributed by atoms with E-state index in [9.17, 15) is 14.7 Å². The van der Waals surface area contributed by atoms with Gasteiger partial charge in [-0.25, -0.2) is 10.4 Å². The average Bonchev–Trinajstić information content (AvgIpc) is 2.82. The van der Waals surface area contributed by atoms with Gasteiger partial charge in [0.05, 0.1) is 28.1 Å². The number of thioether (sulfide) groups is 1. The average molecular weight is 523 g/mol. The lowest BCUT2D eigenvalue weighted by Gasteiger charge is -2.13. The molecule has 4 aromatic rings. The number of aromatic hydroxyl groups is 1. The van der Waals surface area contributed by atoms with Crippen molar-refractivity contribution in [1.82, 2.24) is 15.0 Å². The van der Waals surface area contributed by atoms with Crippen molar-refractivity contribution in [3.63, 3.8) is 0 Å². The number of phenolic OH excluding ortho intramolecular Hbond substituents is 1. The number of fused-ring (bicyclic) bond motifs is 1. The number of rotatable bonds is 6. The van der Waals surface area contributed by atoms with Crippen LogP contribution in [-0.2, 0) is 4.79 Å². The summed E-state index contributed by atoms with van der Waals surface area (Å²) >= 11 is 4.57. The predicted molar refractivity (Wildman–Crippen MR) is 134 cm³/mol. The maximum Gasteiger partial charge on any atom is 0.266 e. The molecular weight excluding hydrogens is 504 g/mol. The van der Waals surface area contributed by atoms with Crippen LogP contribution in [0, 0.1) is 0 Å². The first kappa shape index (κ1) is 22.8. The summed E-state index contributed by atoms with van der Waals surface area (Å²) in [5.41, 5.74) is 4.93. The zero-order valence-electron chi connectivity index (χ0n) is 17.5. The van der Waals surface area contributed by atoms with E-state index in [1.165, 1.54) is 4.57 Å². The molecule has 0 radical (unpaired) electrons. The Kier molecular flexibility index (Phi) is 6.90. The van der Waals surface area contributed by atoms with E-state index in [1.807, 2.05) is 30.3 Å². The third kappa shape index (κ3) is 5.32. The Labute approximate surface area is 202 Å². The molecule has 1 aromatic heterocycles. The molecule has 166 valence electrons. The fraction of sp³-hybridized carbons (Fsp3) is 0.0833. The Morgan fingerprint density at radius 1 is 1.09 bits per heavy atom. The molecule has 0 aliphatic heterocycles. The van der Waals surface area contributed by atoms with E-state index < -0.39 is 0 Å².